The van der Waals surface area contributed by atoms with Crippen LogP contribution in [0.4, 0.5) is 0 Å². The molecule has 3 fully saturated rings. The van der Waals surface area contributed by atoms with Crippen LogP contribution in [-0.2, 0) is 14.2 Å². The molecule has 12 rings (SSSR count). The van der Waals surface area contributed by atoms with Crippen LogP contribution in [0.1, 0.15) is 38.5 Å². The Morgan fingerprint density at radius 2 is 0.333 bits per heavy atom. The van der Waals surface area contributed by atoms with Crippen LogP contribution in [0.2, 0.25) is 0 Å². The summed E-state index contributed by atoms with van der Waals surface area (Å²) >= 11 is 0. The van der Waals surface area contributed by atoms with Gasteiger partial charge in [0, 0.05) is 78.9 Å². The molecule has 0 saturated carbocycles. The van der Waals surface area contributed by atoms with Crippen LogP contribution >= 0.6 is 0 Å². The van der Waals surface area contributed by atoms with Crippen molar-refractivity contribution in [1.82, 2.24) is 19.6 Å². The van der Waals surface area contributed by atoms with Crippen LogP contribution in [0, 0.1) is 0 Å². The van der Waals surface area contributed by atoms with Crippen molar-refractivity contribution < 1.29 is 110 Å². The van der Waals surface area contributed by atoms with Gasteiger partial charge in [-0.3, -0.25) is 4.90 Å². The van der Waals surface area contributed by atoms with Gasteiger partial charge in [0.05, 0.1) is 105 Å². The van der Waals surface area contributed by atoms with Gasteiger partial charge in [0.1, 0.15) is 78.5 Å². The third-order valence-corrected chi connectivity index (χ3v) is 22.2. The summed E-state index contributed by atoms with van der Waals surface area (Å²) in [5.41, 5.74) is 12.7. The fourth-order valence-electron chi connectivity index (χ4n) is 14.7. The average molecular weight is 1670 g/mol. The molecule has 0 aromatic heterocycles. The normalized spacial score (nSPS) is 12.7. The molecule has 0 radical (unpaired) electrons. The average Bonchev–Trinajstić information content (AvgIpc) is 1.03. The summed E-state index contributed by atoms with van der Waals surface area (Å²) in [6.45, 7) is 26.4. The molecule has 21 heteroatoms. The summed E-state index contributed by atoms with van der Waals surface area (Å²) in [5.74, 6) is 0. The molecule has 123 heavy (non-hydrogen) atoms. The minimum absolute atomic E-state index is 0. The number of hydrogen-bond donors (Lipinski definition) is 8. The zero-order valence-corrected chi connectivity index (χ0v) is 81.8. The molecule has 15 nitrogen and oxygen atoms in total. The zero-order valence-electron chi connectivity index (χ0n) is 81.8. The minimum Gasteiger partial charge on any atom is -0.381 e. The molecule has 0 atom stereocenters. The fourth-order valence-corrected chi connectivity index (χ4v) is 14.7. The first-order valence-corrected chi connectivity index (χ1v) is 45.9. The summed E-state index contributed by atoms with van der Waals surface area (Å²) in [5, 5.41) is 0. The zero-order chi connectivity index (χ0) is 87.0. The first-order chi connectivity index (χ1) is 58.1. The van der Waals surface area contributed by atoms with Crippen LogP contribution in [0.25, 0.3) is 0 Å². The van der Waals surface area contributed by atoms with Crippen molar-refractivity contribution in [2.45, 2.75) is 38.5 Å². The van der Waals surface area contributed by atoms with Crippen LogP contribution in [-0.4, -0.2) is 324 Å². The van der Waals surface area contributed by atoms with E-state index in [1.807, 2.05) is 0 Å². The SMILES string of the molecule is C1CCOC1.C1CCOC1.C1CCOC1.CN(C)CCN(CCN(C)C)CCN(C)C.C[NH+](C)CC[NH+](CC[NH+](C)C)CC[NH+](C)C.C[NH+](C)CC[NH+](CC[NH+](C)C)CC[NH+](C)C.[Li+].[Li+].[Li+].c1ccc([BH-](c2ccccc2)c2ccccc2)cc1.c1ccc([BH-](c2ccccc2)c2ccccc2)cc1.c1ccc([BH-](c2ccccc2)c2ccccc2)cc1. The van der Waals surface area contributed by atoms with Crippen molar-refractivity contribution in [2.75, 3.05) is 284 Å². The Kier molecular flexibility index (Phi) is 69.7. The topological polar surface area (TPSA) is 76.2 Å². The van der Waals surface area contributed by atoms with Gasteiger partial charge < -0.3 is 68.1 Å². The molecule has 9 aromatic rings. The Balaban J connectivity index is 0.000000709. The largest absolute Gasteiger partial charge is 1.00 e. The Morgan fingerprint density at radius 3 is 0.431 bits per heavy atom. The standard InChI is InChI=1S/3C18H16B.3C12H30N4.3C4H8O.3Li/c3*1-4-10-16(11-5-1)19(17-12-6-2-7-13-17)18-14-8-3-9-15-18;3*1-13(2)7-10-16(11-8-14(3)4)12-9-15(5)6;3*1-2-4-5-3-1;;;/h3*1-15,19H;3*7-12H2,1-6H3;3*1-4H2;;;/q3*-1;;;;;;;3*+1/p+8. The number of quaternary nitrogens is 8. The number of nitrogens with one attached hydrogen (secondary N) is 8. The summed E-state index contributed by atoms with van der Waals surface area (Å²) in [4.78, 5) is 22.2. The predicted molar refractivity (Wildman–Crippen MR) is 526 cm³/mol. The third kappa shape index (κ3) is 57.7. The number of benzene rings is 9. The monoisotopic (exact) mass is 1670 g/mol. The number of ether oxygens (including phenoxy) is 3. The molecule has 9 aromatic carbocycles. The Labute approximate surface area is 788 Å². The molecule has 3 saturated heterocycles. The minimum atomic E-state index is -0.662. The van der Waals surface area contributed by atoms with Crippen molar-refractivity contribution in [3.63, 3.8) is 0 Å². The molecule has 0 bridgehead atoms. The van der Waals surface area contributed by atoms with E-state index >= 15 is 0 Å². The van der Waals surface area contributed by atoms with E-state index in [0.29, 0.717) is 0 Å². The predicted octanol–water partition coefficient (Wildman–Crippen LogP) is -12.2. The molecule has 3 aliphatic heterocycles. The molecule has 3 aliphatic rings. The van der Waals surface area contributed by atoms with Crippen LogP contribution < -0.4 is 145 Å². The van der Waals surface area contributed by atoms with E-state index in [1.165, 1.54) is 166 Å². The second-order valence-corrected chi connectivity index (χ2v) is 35.9. The Bertz CT molecular complexity index is 2970. The van der Waals surface area contributed by atoms with E-state index in [9.17, 15) is 0 Å². The summed E-state index contributed by atoms with van der Waals surface area (Å²) in [7, 11) is 39.7. The molecule has 8 N–H and O–H groups in total. The smallest absolute Gasteiger partial charge is 0.381 e. The quantitative estimate of drug-likeness (QED) is 0.0186. The van der Waals surface area contributed by atoms with E-state index in [0.717, 1.165) is 78.9 Å². The maximum Gasteiger partial charge on any atom is 1.00 e. The van der Waals surface area contributed by atoms with Crippen molar-refractivity contribution in [3.8, 4) is 0 Å². The van der Waals surface area contributed by atoms with Gasteiger partial charge in [0.25, 0.3) is 0 Å². The Hall–Kier alpha value is -5.63. The van der Waals surface area contributed by atoms with Crippen LogP contribution in [0.5, 0.6) is 0 Å². The molecular weight excluding hydrogens is 1490 g/mol. The van der Waals surface area contributed by atoms with Gasteiger partial charge in [0.15, 0.2) is 0 Å². The van der Waals surface area contributed by atoms with Crippen molar-refractivity contribution in [3.05, 3.63) is 273 Å². The van der Waals surface area contributed by atoms with E-state index in [4.69, 9.17) is 14.2 Å². The van der Waals surface area contributed by atoms with E-state index in [-0.39, 0.29) is 56.6 Å². The number of likely N-dealkylation sites (N-methyl/N-ethyl adjacent to an activating group) is 9. The maximum atomic E-state index is 4.94. The van der Waals surface area contributed by atoms with Gasteiger partial charge in [-0.15, -0.1) is 0 Å². The van der Waals surface area contributed by atoms with Gasteiger partial charge in [-0.2, -0.15) is 0 Å². The summed E-state index contributed by atoms with van der Waals surface area (Å²) in [6, 6.07) is 97.2. The molecule has 3 heterocycles. The number of rotatable bonds is 36. The van der Waals surface area contributed by atoms with Crippen LogP contribution in [0.15, 0.2) is 273 Å². The second kappa shape index (κ2) is 74.3. The van der Waals surface area contributed by atoms with E-state index < -0.39 is 20.1 Å². The van der Waals surface area contributed by atoms with Crippen molar-refractivity contribution >= 4 is 69.3 Å². The Morgan fingerprint density at radius 1 is 0.203 bits per heavy atom. The van der Waals surface area contributed by atoms with E-state index in [2.05, 4.69) is 419 Å². The molecule has 660 valence electrons. The summed E-state index contributed by atoms with van der Waals surface area (Å²) < 4.78 is 14.8. The molecule has 0 unspecified atom stereocenters. The first kappa shape index (κ1) is 115. The van der Waals surface area contributed by atoms with Crippen LogP contribution in [0.3, 0.4) is 0 Å². The van der Waals surface area contributed by atoms with Gasteiger partial charge >= 0.3 is 56.6 Å². The first-order valence-electron chi connectivity index (χ1n) is 45.9. The molecule has 0 amide bonds. The van der Waals surface area contributed by atoms with E-state index in [1.54, 1.807) is 39.2 Å². The fraction of sp³-hybridized carbons (Fsp3) is 0.471. The van der Waals surface area contributed by atoms with Gasteiger partial charge in [0.2, 0.25) is 0 Å². The van der Waals surface area contributed by atoms with Gasteiger partial charge in [-0.05, 0) is 80.8 Å². The van der Waals surface area contributed by atoms with Crippen molar-refractivity contribution in [1.29, 1.82) is 0 Å². The molecule has 0 aliphatic carbocycles. The second-order valence-electron chi connectivity index (χ2n) is 35.9. The molecular formula is C102H170B3Li3N12O3+8. The third-order valence-electron chi connectivity index (χ3n) is 22.2. The summed E-state index contributed by atoms with van der Waals surface area (Å²) in [6.07, 6.45) is 7.67. The maximum absolute atomic E-state index is 4.94. The van der Waals surface area contributed by atoms with Gasteiger partial charge in [-0.1, -0.05) is 273 Å². The number of hydrogen-bond acceptors (Lipinski definition) is 7. The molecule has 0 spiro atoms. The number of nitrogens with zero attached hydrogens (tertiary/aromatic N) is 4. The van der Waals surface area contributed by atoms with Crippen molar-refractivity contribution in [2.24, 2.45) is 0 Å². The van der Waals surface area contributed by atoms with Gasteiger partial charge in [-0.25, -0.2) is 49.2 Å².